The van der Waals surface area contributed by atoms with Crippen LogP contribution in [-0.2, 0) is 14.3 Å². The Balaban J connectivity index is 1.57. The maximum atomic E-state index is 13.6. The molecule has 3 aromatic rings. The lowest BCUT2D eigenvalue weighted by atomic mass is 10.1. The third kappa shape index (κ3) is 6.41. The quantitative estimate of drug-likeness (QED) is 0.279. The zero-order valence-electron chi connectivity index (χ0n) is 21.2. The van der Waals surface area contributed by atoms with E-state index in [1.54, 1.807) is 60.8 Å². The molecule has 0 radical (unpaired) electrons. The molecule has 1 atom stereocenters. The van der Waals surface area contributed by atoms with Gasteiger partial charge in [0.2, 0.25) is 11.0 Å². The Morgan fingerprint density at radius 1 is 1.03 bits per heavy atom. The fourth-order valence-corrected chi connectivity index (χ4v) is 4.87. The van der Waals surface area contributed by atoms with Gasteiger partial charge in [0.15, 0.2) is 0 Å². The van der Waals surface area contributed by atoms with Gasteiger partial charge in [-0.3, -0.25) is 24.7 Å². The number of nitrogens with one attached hydrogen (secondary N) is 2. The summed E-state index contributed by atoms with van der Waals surface area (Å²) in [4.78, 5) is 53.2. The minimum Gasteiger partial charge on any atom is -0.494 e. The lowest BCUT2D eigenvalue weighted by Gasteiger charge is -2.24. The van der Waals surface area contributed by atoms with Crippen LogP contribution in [0.4, 0.5) is 11.4 Å². The molecule has 2 N–H and O–H groups in total. The highest BCUT2D eigenvalue weighted by atomic mass is 32.1. The maximum absolute atomic E-state index is 13.6. The average molecular weight is 567 g/mol. The summed E-state index contributed by atoms with van der Waals surface area (Å²) in [5, 5.41) is 5.74. The van der Waals surface area contributed by atoms with Crippen LogP contribution >= 0.6 is 23.6 Å². The van der Waals surface area contributed by atoms with Gasteiger partial charge in [-0.2, -0.15) is 0 Å². The maximum Gasteiger partial charge on any atom is 0.338 e. The summed E-state index contributed by atoms with van der Waals surface area (Å²) in [5.41, 5.74) is 3.87. The topological polar surface area (TPSA) is 117 Å². The van der Waals surface area contributed by atoms with Crippen LogP contribution in [0.15, 0.2) is 66.0 Å². The van der Waals surface area contributed by atoms with E-state index in [0.29, 0.717) is 34.2 Å². The summed E-state index contributed by atoms with van der Waals surface area (Å²) in [6, 6.07) is 15.3. The van der Waals surface area contributed by atoms with Crippen LogP contribution in [0.2, 0.25) is 0 Å². The zero-order valence-corrected chi connectivity index (χ0v) is 22.8. The molecular weight excluding hydrogens is 540 g/mol. The molecule has 10 nitrogen and oxygen atoms in total. The predicted molar refractivity (Wildman–Crippen MR) is 151 cm³/mol. The molecule has 2 heterocycles. The average Bonchev–Trinajstić information content (AvgIpc) is 3.53. The number of carbonyl (C=O) groups is 4. The second-order valence-electron chi connectivity index (χ2n) is 8.24. The van der Waals surface area contributed by atoms with E-state index in [-0.39, 0.29) is 18.1 Å². The summed E-state index contributed by atoms with van der Waals surface area (Å²) in [7, 11) is 0. The zero-order chi connectivity index (χ0) is 27.9. The van der Waals surface area contributed by atoms with Crippen LogP contribution in [0.5, 0.6) is 5.75 Å². The van der Waals surface area contributed by atoms with Crippen LogP contribution in [0.1, 0.15) is 40.3 Å². The SMILES string of the molecule is CCOC(=O)c1ccc(N2C(=O)C(CC(=O)Nc3cccc(OCC)c3)N(NC(=O)c3cccs3)C2=S)cc1. The van der Waals surface area contributed by atoms with Gasteiger partial charge in [-0.15, -0.1) is 11.3 Å². The van der Waals surface area contributed by atoms with Crippen molar-refractivity contribution >= 4 is 63.7 Å². The summed E-state index contributed by atoms with van der Waals surface area (Å²) in [5.74, 6) is -1.33. The Morgan fingerprint density at radius 3 is 2.46 bits per heavy atom. The largest absolute Gasteiger partial charge is 0.494 e. The number of hydrogen-bond acceptors (Lipinski definition) is 8. The highest BCUT2D eigenvalue weighted by Crippen LogP contribution is 2.27. The van der Waals surface area contributed by atoms with Crippen LogP contribution in [-0.4, -0.2) is 53.1 Å². The molecule has 0 saturated carbocycles. The molecule has 1 unspecified atom stereocenters. The fraction of sp³-hybridized carbons (Fsp3) is 0.222. The number of anilines is 2. The van der Waals surface area contributed by atoms with Crippen LogP contribution in [0, 0.1) is 0 Å². The second kappa shape index (κ2) is 12.5. The van der Waals surface area contributed by atoms with Crippen molar-refractivity contribution in [2.75, 3.05) is 23.4 Å². The molecule has 1 aliphatic rings. The molecule has 1 fully saturated rings. The second-order valence-corrected chi connectivity index (χ2v) is 9.55. The monoisotopic (exact) mass is 566 g/mol. The minimum atomic E-state index is -1.11. The highest BCUT2D eigenvalue weighted by Gasteiger charge is 2.45. The van der Waals surface area contributed by atoms with Crippen molar-refractivity contribution in [3.8, 4) is 5.75 Å². The Bertz CT molecular complexity index is 1380. The van der Waals surface area contributed by atoms with Gasteiger partial charge in [-0.1, -0.05) is 12.1 Å². The first kappa shape index (κ1) is 27.7. The number of amides is 3. The van der Waals surface area contributed by atoms with E-state index < -0.39 is 29.7 Å². The first-order valence-corrected chi connectivity index (χ1v) is 13.4. The highest BCUT2D eigenvalue weighted by molar-refractivity contribution is 7.80. The molecule has 0 spiro atoms. The number of rotatable bonds is 10. The number of nitrogens with zero attached hydrogens (tertiary/aromatic N) is 2. The van der Waals surface area contributed by atoms with Crippen LogP contribution in [0.3, 0.4) is 0 Å². The standard InChI is InChI=1S/C27H26N4O6S2/c1-3-36-20-8-5-7-18(15-20)28-23(32)16-21-25(34)30(19-12-10-17(11-13-19)26(35)37-4-2)27(38)31(21)29-24(33)22-9-6-14-39-22/h5-15,21H,3-4,16H2,1-2H3,(H,28,32)(H,29,33). The molecule has 2 aromatic carbocycles. The van der Waals surface area contributed by atoms with E-state index in [4.69, 9.17) is 21.7 Å². The molecule has 0 bridgehead atoms. The number of ether oxygens (including phenoxy) is 2. The molecule has 4 rings (SSSR count). The van der Waals surface area contributed by atoms with E-state index in [9.17, 15) is 19.2 Å². The van der Waals surface area contributed by atoms with Crippen molar-refractivity contribution in [2.24, 2.45) is 0 Å². The molecule has 1 aromatic heterocycles. The Morgan fingerprint density at radius 2 is 1.79 bits per heavy atom. The first-order valence-electron chi connectivity index (χ1n) is 12.1. The van der Waals surface area contributed by atoms with Gasteiger partial charge in [-0.25, -0.2) is 9.80 Å². The van der Waals surface area contributed by atoms with Crippen molar-refractivity contribution in [1.82, 2.24) is 10.4 Å². The molecule has 1 saturated heterocycles. The lowest BCUT2D eigenvalue weighted by molar-refractivity contribution is -0.124. The third-order valence-electron chi connectivity index (χ3n) is 5.63. The smallest absolute Gasteiger partial charge is 0.338 e. The number of thiocarbonyl (C=S) groups is 1. The first-order chi connectivity index (χ1) is 18.8. The molecule has 1 aliphatic heterocycles. The summed E-state index contributed by atoms with van der Waals surface area (Å²) < 4.78 is 10.5. The normalized spacial score (nSPS) is 14.8. The molecule has 0 aliphatic carbocycles. The van der Waals surface area contributed by atoms with Crippen molar-refractivity contribution < 1.29 is 28.7 Å². The lowest BCUT2D eigenvalue weighted by Crippen LogP contribution is -2.49. The number of thiophene rings is 1. The summed E-state index contributed by atoms with van der Waals surface area (Å²) in [6.45, 7) is 4.27. The fourth-order valence-electron chi connectivity index (χ4n) is 3.89. The van der Waals surface area contributed by atoms with Gasteiger partial charge in [0.1, 0.15) is 11.8 Å². The van der Waals surface area contributed by atoms with Crippen molar-refractivity contribution in [2.45, 2.75) is 26.3 Å². The molecule has 3 amide bonds. The van der Waals surface area contributed by atoms with Crippen molar-refractivity contribution in [1.29, 1.82) is 0 Å². The number of esters is 1. The van der Waals surface area contributed by atoms with E-state index in [1.807, 2.05) is 6.92 Å². The van der Waals surface area contributed by atoms with Crippen molar-refractivity contribution in [3.05, 3.63) is 76.5 Å². The van der Waals surface area contributed by atoms with E-state index in [0.717, 1.165) is 0 Å². The number of benzene rings is 2. The van der Waals surface area contributed by atoms with Gasteiger partial charge in [-0.05, 0) is 73.9 Å². The third-order valence-corrected chi connectivity index (χ3v) is 6.87. The van der Waals surface area contributed by atoms with Gasteiger partial charge in [0, 0.05) is 11.8 Å². The predicted octanol–water partition coefficient (Wildman–Crippen LogP) is 4.00. The minimum absolute atomic E-state index is 0.00932. The van der Waals surface area contributed by atoms with Crippen LogP contribution in [0.25, 0.3) is 0 Å². The summed E-state index contributed by atoms with van der Waals surface area (Å²) in [6.07, 6.45) is -0.292. The Hall–Kier alpha value is -4.29. The molecular formula is C27H26N4O6S2. The number of carbonyl (C=O) groups excluding carboxylic acids is 4. The van der Waals surface area contributed by atoms with E-state index in [1.165, 1.54) is 33.4 Å². The van der Waals surface area contributed by atoms with E-state index in [2.05, 4.69) is 10.7 Å². The van der Waals surface area contributed by atoms with Gasteiger partial charge >= 0.3 is 5.97 Å². The number of hydrazine groups is 1. The number of hydrogen-bond donors (Lipinski definition) is 2. The van der Waals surface area contributed by atoms with E-state index >= 15 is 0 Å². The Labute approximate surface area is 234 Å². The van der Waals surface area contributed by atoms with Gasteiger partial charge < -0.3 is 14.8 Å². The molecule has 39 heavy (non-hydrogen) atoms. The summed E-state index contributed by atoms with van der Waals surface area (Å²) >= 11 is 6.81. The van der Waals surface area contributed by atoms with Gasteiger partial charge in [0.25, 0.3) is 11.8 Å². The molecule has 12 heteroatoms. The van der Waals surface area contributed by atoms with Crippen molar-refractivity contribution in [3.63, 3.8) is 0 Å². The van der Waals surface area contributed by atoms with Gasteiger partial charge in [0.05, 0.1) is 35.8 Å². The van der Waals surface area contributed by atoms with Crippen LogP contribution < -0.4 is 20.4 Å². The molecule has 202 valence electrons. The Kier molecular flexibility index (Phi) is 8.89.